The van der Waals surface area contributed by atoms with Gasteiger partial charge in [-0.2, -0.15) is 0 Å². The van der Waals surface area contributed by atoms with E-state index in [1.807, 2.05) is 18.2 Å². The topological polar surface area (TPSA) is 29.1 Å². The smallest absolute Gasteiger partial charge is 0.252 e. The predicted molar refractivity (Wildman–Crippen MR) is 85.8 cm³/mol. The number of amides is 1. The lowest BCUT2D eigenvalue weighted by molar-refractivity contribution is 0.0943. The summed E-state index contributed by atoms with van der Waals surface area (Å²) in [6.45, 7) is 0.709. The maximum absolute atomic E-state index is 12.1. The van der Waals surface area contributed by atoms with Gasteiger partial charge >= 0.3 is 0 Å². The molecule has 0 heterocycles. The number of hydrogen-bond donors (Lipinski definition) is 1. The molecule has 1 N–H and O–H groups in total. The number of rotatable bonds is 3. The highest BCUT2D eigenvalue weighted by Crippen LogP contribution is 2.27. The van der Waals surface area contributed by atoms with E-state index in [1.54, 1.807) is 0 Å². The van der Waals surface area contributed by atoms with E-state index in [0.717, 1.165) is 34.6 Å². The Morgan fingerprint density at radius 3 is 2.89 bits per heavy atom. The summed E-state index contributed by atoms with van der Waals surface area (Å²) in [7, 11) is 0. The number of hydrogen-bond acceptors (Lipinski definition) is 1. The quantitative estimate of drug-likeness (QED) is 0.718. The molecule has 104 valence electrons. The third-order valence-electron chi connectivity index (χ3n) is 3.44. The molecule has 2 nitrogen and oxygen atoms in total. The summed E-state index contributed by atoms with van der Waals surface area (Å²) in [5.74, 6) is 0.469. The van der Waals surface area contributed by atoms with Crippen molar-refractivity contribution in [1.82, 2.24) is 5.32 Å². The van der Waals surface area contributed by atoms with Crippen molar-refractivity contribution in [3.05, 3.63) is 32.7 Å². The number of carbonyl (C=O) groups is 1. The molecule has 0 aliphatic heterocycles. The van der Waals surface area contributed by atoms with Crippen molar-refractivity contribution in [2.75, 3.05) is 6.54 Å². The van der Waals surface area contributed by atoms with Gasteiger partial charge in [-0.3, -0.25) is 4.79 Å². The highest BCUT2D eigenvalue weighted by molar-refractivity contribution is 9.11. The molecular weight excluding hydrogens is 393 g/mol. The summed E-state index contributed by atoms with van der Waals surface area (Å²) in [5, 5.41) is 3.28. The standard InChI is InChI=1S/C14H16Br2ClNO/c15-10-4-5-13(16)12(7-10)14(19)18-8-9-2-1-3-11(17)6-9/h4-5,7,9,11H,1-3,6,8H2,(H,18,19). The van der Waals surface area contributed by atoms with Gasteiger partial charge in [0, 0.05) is 20.9 Å². The van der Waals surface area contributed by atoms with Crippen LogP contribution in [0.25, 0.3) is 0 Å². The molecule has 0 radical (unpaired) electrons. The number of halogens is 3. The highest BCUT2D eigenvalue weighted by atomic mass is 79.9. The van der Waals surface area contributed by atoms with E-state index in [4.69, 9.17) is 11.6 Å². The van der Waals surface area contributed by atoms with E-state index in [0.29, 0.717) is 18.0 Å². The maximum atomic E-state index is 12.1. The van der Waals surface area contributed by atoms with Gasteiger partial charge in [0.1, 0.15) is 0 Å². The lowest BCUT2D eigenvalue weighted by Gasteiger charge is -2.25. The first kappa shape index (κ1) is 15.3. The van der Waals surface area contributed by atoms with Gasteiger partial charge < -0.3 is 5.32 Å². The zero-order valence-corrected chi connectivity index (χ0v) is 14.4. The van der Waals surface area contributed by atoms with Gasteiger partial charge in [-0.15, -0.1) is 11.6 Å². The van der Waals surface area contributed by atoms with Crippen molar-refractivity contribution in [2.24, 2.45) is 5.92 Å². The predicted octanol–water partition coefficient (Wildman–Crippen LogP) is 4.74. The van der Waals surface area contributed by atoms with Gasteiger partial charge in [-0.25, -0.2) is 0 Å². The molecule has 19 heavy (non-hydrogen) atoms. The zero-order chi connectivity index (χ0) is 13.8. The molecule has 1 aromatic rings. The van der Waals surface area contributed by atoms with Gasteiger partial charge in [0.05, 0.1) is 5.56 Å². The molecule has 1 aliphatic carbocycles. The van der Waals surface area contributed by atoms with E-state index in [2.05, 4.69) is 37.2 Å². The Morgan fingerprint density at radius 1 is 1.37 bits per heavy atom. The van der Waals surface area contributed by atoms with Crippen molar-refractivity contribution in [1.29, 1.82) is 0 Å². The Kier molecular flexibility index (Phi) is 5.72. The van der Waals surface area contributed by atoms with Crippen LogP contribution in [0.2, 0.25) is 0 Å². The van der Waals surface area contributed by atoms with Crippen LogP contribution in [0.1, 0.15) is 36.0 Å². The Morgan fingerprint density at radius 2 is 2.16 bits per heavy atom. The van der Waals surface area contributed by atoms with E-state index in [-0.39, 0.29) is 11.3 Å². The Hall–Kier alpha value is -0.0600. The van der Waals surface area contributed by atoms with Crippen molar-refractivity contribution in [3.8, 4) is 0 Å². The minimum absolute atomic E-state index is 0.0372. The van der Waals surface area contributed by atoms with Crippen molar-refractivity contribution in [3.63, 3.8) is 0 Å². The molecule has 0 bridgehead atoms. The van der Waals surface area contributed by atoms with Gasteiger partial charge in [0.25, 0.3) is 5.91 Å². The Labute approximate surface area is 135 Å². The van der Waals surface area contributed by atoms with Gasteiger partial charge in [0.15, 0.2) is 0 Å². The number of nitrogens with one attached hydrogen (secondary N) is 1. The summed E-state index contributed by atoms with van der Waals surface area (Å²) in [5.41, 5.74) is 0.660. The van der Waals surface area contributed by atoms with Crippen LogP contribution in [0.15, 0.2) is 27.1 Å². The molecule has 2 unspecified atom stereocenters. The van der Waals surface area contributed by atoms with Crippen molar-refractivity contribution >= 4 is 49.4 Å². The van der Waals surface area contributed by atoms with Crippen LogP contribution in [0.5, 0.6) is 0 Å². The average molecular weight is 410 g/mol. The second-order valence-electron chi connectivity index (χ2n) is 4.96. The summed E-state index contributed by atoms with van der Waals surface area (Å²) in [4.78, 5) is 12.1. The molecule has 1 saturated carbocycles. The third-order valence-corrected chi connectivity index (χ3v) is 5.02. The zero-order valence-electron chi connectivity index (χ0n) is 10.5. The van der Waals surface area contributed by atoms with Crippen LogP contribution in [0, 0.1) is 5.92 Å². The van der Waals surface area contributed by atoms with E-state index < -0.39 is 0 Å². The van der Waals surface area contributed by atoms with Crippen LogP contribution in [-0.4, -0.2) is 17.8 Å². The number of carbonyl (C=O) groups excluding carboxylic acids is 1. The molecule has 2 rings (SSSR count). The molecule has 2 atom stereocenters. The molecule has 0 saturated heterocycles. The summed E-state index contributed by atoms with van der Waals surface area (Å²) >= 11 is 12.9. The SMILES string of the molecule is O=C(NCC1CCCC(Cl)C1)c1cc(Br)ccc1Br. The van der Waals surface area contributed by atoms with Gasteiger partial charge in [0.2, 0.25) is 0 Å². The summed E-state index contributed by atoms with van der Waals surface area (Å²) in [6, 6.07) is 5.60. The third kappa shape index (κ3) is 4.47. The molecule has 0 aromatic heterocycles. The fraction of sp³-hybridized carbons (Fsp3) is 0.500. The molecule has 1 aliphatic rings. The van der Waals surface area contributed by atoms with Gasteiger partial charge in [-0.1, -0.05) is 22.4 Å². The van der Waals surface area contributed by atoms with E-state index in [1.165, 1.54) is 0 Å². The number of alkyl halides is 1. The van der Waals surface area contributed by atoms with Crippen molar-refractivity contribution in [2.45, 2.75) is 31.1 Å². The van der Waals surface area contributed by atoms with Crippen LogP contribution in [0.3, 0.4) is 0 Å². The monoisotopic (exact) mass is 407 g/mol. The maximum Gasteiger partial charge on any atom is 0.252 e. The lowest BCUT2D eigenvalue weighted by Crippen LogP contribution is -2.32. The molecule has 1 amide bonds. The number of benzene rings is 1. The van der Waals surface area contributed by atoms with E-state index in [9.17, 15) is 4.79 Å². The lowest BCUT2D eigenvalue weighted by atomic mass is 9.89. The van der Waals surface area contributed by atoms with Crippen LogP contribution >= 0.6 is 43.5 Å². The second-order valence-corrected chi connectivity index (χ2v) is 7.35. The molecule has 1 fully saturated rings. The van der Waals surface area contributed by atoms with E-state index >= 15 is 0 Å². The second kappa shape index (κ2) is 7.09. The van der Waals surface area contributed by atoms with Gasteiger partial charge in [-0.05, 0) is 59.3 Å². The fourth-order valence-electron chi connectivity index (χ4n) is 2.41. The Bertz CT molecular complexity index is 467. The molecule has 5 heteroatoms. The Balaban J connectivity index is 1.92. The molecule has 1 aromatic carbocycles. The molecular formula is C14H16Br2ClNO. The average Bonchev–Trinajstić information content (AvgIpc) is 2.39. The van der Waals surface area contributed by atoms with Crippen molar-refractivity contribution < 1.29 is 4.79 Å². The first-order chi connectivity index (χ1) is 9.06. The summed E-state index contributed by atoms with van der Waals surface area (Å²) in [6.07, 6.45) is 4.42. The van der Waals surface area contributed by atoms with Crippen LogP contribution in [-0.2, 0) is 0 Å². The first-order valence-corrected chi connectivity index (χ1v) is 8.46. The minimum atomic E-state index is -0.0372. The van der Waals surface area contributed by atoms with Crippen LogP contribution < -0.4 is 5.32 Å². The first-order valence-electron chi connectivity index (χ1n) is 6.43. The summed E-state index contributed by atoms with van der Waals surface area (Å²) < 4.78 is 1.71. The molecule has 0 spiro atoms. The highest BCUT2D eigenvalue weighted by Gasteiger charge is 2.21. The van der Waals surface area contributed by atoms with Crippen LogP contribution in [0.4, 0.5) is 0 Å². The minimum Gasteiger partial charge on any atom is -0.352 e. The normalized spacial score (nSPS) is 23.1. The largest absolute Gasteiger partial charge is 0.352 e. The fourth-order valence-corrected chi connectivity index (χ4v) is 3.61.